The summed E-state index contributed by atoms with van der Waals surface area (Å²) in [6.45, 7) is 7.21. The first-order valence-electron chi connectivity index (χ1n) is 8.97. The van der Waals surface area contributed by atoms with Crippen LogP contribution >= 0.6 is 11.3 Å². The van der Waals surface area contributed by atoms with Gasteiger partial charge in [0.15, 0.2) is 0 Å². The summed E-state index contributed by atoms with van der Waals surface area (Å²) < 4.78 is 1.38. The summed E-state index contributed by atoms with van der Waals surface area (Å²) in [4.78, 5) is 2.44. The van der Waals surface area contributed by atoms with Crippen LogP contribution < -0.4 is 5.73 Å². The number of hydrogen-bond acceptors (Lipinski definition) is 3. The van der Waals surface area contributed by atoms with Crippen molar-refractivity contribution in [3.05, 3.63) is 70.1 Å². The van der Waals surface area contributed by atoms with Crippen LogP contribution in [0.15, 0.2) is 47.8 Å². The van der Waals surface area contributed by atoms with E-state index in [0.717, 1.165) is 13.1 Å². The van der Waals surface area contributed by atoms with E-state index in [4.69, 9.17) is 5.73 Å². The first kappa shape index (κ1) is 16.8. The second-order valence-electron chi connectivity index (χ2n) is 7.97. The molecule has 2 nitrogen and oxygen atoms in total. The van der Waals surface area contributed by atoms with Crippen LogP contribution in [0.2, 0.25) is 0 Å². The smallest absolute Gasteiger partial charge is 0.0345 e. The molecule has 2 aromatic carbocycles. The van der Waals surface area contributed by atoms with E-state index >= 15 is 0 Å². The Morgan fingerprint density at radius 3 is 2.80 bits per heavy atom. The first-order chi connectivity index (χ1) is 12.0. The third-order valence-electron chi connectivity index (χ3n) is 5.63. The predicted molar refractivity (Wildman–Crippen MR) is 109 cm³/mol. The Bertz CT molecular complexity index is 909. The van der Waals surface area contributed by atoms with Crippen molar-refractivity contribution in [2.75, 3.05) is 20.1 Å². The van der Waals surface area contributed by atoms with Gasteiger partial charge in [-0.1, -0.05) is 44.2 Å². The summed E-state index contributed by atoms with van der Waals surface area (Å²) in [6.07, 6.45) is 0. The van der Waals surface area contributed by atoms with Gasteiger partial charge in [-0.05, 0) is 52.2 Å². The van der Waals surface area contributed by atoms with Crippen LogP contribution in [0.3, 0.4) is 0 Å². The highest BCUT2D eigenvalue weighted by Gasteiger charge is 2.27. The van der Waals surface area contributed by atoms with Crippen LogP contribution in [0, 0.1) is 0 Å². The minimum absolute atomic E-state index is 0.0242. The molecular weight excluding hydrogens is 324 g/mol. The molecule has 1 unspecified atom stereocenters. The summed E-state index contributed by atoms with van der Waals surface area (Å²) in [5, 5.41) is 3.52. The molecule has 2 heterocycles. The number of hydrogen-bond donors (Lipinski definition) is 1. The number of nitrogens with two attached hydrogens (primary N) is 1. The van der Waals surface area contributed by atoms with Gasteiger partial charge in [-0.2, -0.15) is 0 Å². The Morgan fingerprint density at radius 1 is 1.16 bits per heavy atom. The Morgan fingerprint density at radius 2 is 2.00 bits per heavy atom. The summed E-state index contributed by atoms with van der Waals surface area (Å²) in [5.41, 5.74) is 11.7. The number of thiophene rings is 1. The zero-order chi connectivity index (χ0) is 17.6. The van der Waals surface area contributed by atoms with E-state index in [1.165, 1.54) is 32.3 Å². The fourth-order valence-corrected chi connectivity index (χ4v) is 4.70. The second kappa shape index (κ2) is 6.24. The molecule has 25 heavy (non-hydrogen) atoms. The van der Waals surface area contributed by atoms with Crippen LogP contribution in [0.4, 0.5) is 0 Å². The molecule has 0 saturated heterocycles. The molecule has 0 saturated carbocycles. The molecular formula is C22H26N2S. The van der Waals surface area contributed by atoms with Gasteiger partial charge in [0.1, 0.15) is 0 Å². The SMILES string of the molecule is CN1Cc2cc(C(C)(C)CN)ccc2C(c2ccc3ccsc3c2)C1. The fraction of sp³-hybridized carbons (Fsp3) is 0.364. The van der Waals surface area contributed by atoms with Gasteiger partial charge in [-0.3, -0.25) is 0 Å². The Labute approximate surface area is 154 Å². The summed E-state index contributed by atoms with van der Waals surface area (Å²) in [7, 11) is 2.22. The number of rotatable bonds is 3. The number of likely N-dealkylation sites (N-methyl/N-ethyl adjacent to an activating group) is 1. The topological polar surface area (TPSA) is 29.3 Å². The van der Waals surface area contributed by atoms with Crippen LogP contribution in [0.1, 0.15) is 42.0 Å². The maximum Gasteiger partial charge on any atom is 0.0345 e. The summed E-state index contributed by atoms with van der Waals surface area (Å²) in [6, 6.07) is 16.2. The molecule has 1 aliphatic rings. The van der Waals surface area contributed by atoms with Gasteiger partial charge in [0.25, 0.3) is 0 Å². The van der Waals surface area contributed by atoms with E-state index in [0.29, 0.717) is 12.5 Å². The quantitative estimate of drug-likeness (QED) is 0.741. The van der Waals surface area contributed by atoms with Gasteiger partial charge < -0.3 is 10.6 Å². The predicted octanol–water partition coefficient (Wildman–Crippen LogP) is 4.71. The molecule has 130 valence electrons. The molecule has 1 aliphatic heterocycles. The van der Waals surface area contributed by atoms with Gasteiger partial charge >= 0.3 is 0 Å². The van der Waals surface area contributed by atoms with Gasteiger partial charge in [0.05, 0.1) is 0 Å². The van der Waals surface area contributed by atoms with E-state index in [2.05, 4.69) is 73.6 Å². The Balaban J connectivity index is 1.78. The molecule has 0 spiro atoms. The van der Waals surface area contributed by atoms with Crippen molar-refractivity contribution in [2.45, 2.75) is 31.7 Å². The van der Waals surface area contributed by atoms with Crippen LogP contribution in [0.25, 0.3) is 10.1 Å². The minimum atomic E-state index is 0.0242. The largest absolute Gasteiger partial charge is 0.330 e. The van der Waals surface area contributed by atoms with Gasteiger partial charge in [0.2, 0.25) is 0 Å². The third kappa shape index (κ3) is 3.01. The maximum atomic E-state index is 5.99. The van der Waals surface area contributed by atoms with Gasteiger partial charge in [-0.15, -0.1) is 11.3 Å². The lowest BCUT2D eigenvalue weighted by atomic mass is 9.79. The summed E-state index contributed by atoms with van der Waals surface area (Å²) in [5.74, 6) is 0.440. The molecule has 1 aromatic heterocycles. The zero-order valence-electron chi connectivity index (χ0n) is 15.3. The maximum absolute atomic E-state index is 5.99. The van der Waals surface area contributed by atoms with E-state index in [-0.39, 0.29) is 5.41 Å². The highest BCUT2D eigenvalue weighted by Crippen LogP contribution is 2.37. The number of fused-ring (bicyclic) bond motifs is 2. The second-order valence-corrected chi connectivity index (χ2v) is 8.92. The van der Waals surface area contributed by atoms with Gasteiger partial charge in [-0.25, -0.2) is 0 Å². The van der Waals surface area contributed by atoms with Crippen molar-refractivity contribution in [3.63, 3.8) is 0 Å². The normalized spacial score (nSPS) is 18.5. The Hall–Kier alpha value is -1.68. The lowest BCUT2D eigenvalue weighted by Gasteiger charge is -2.34. The minimum Gasteiger partial charge on any atom is -0.330 e. The van der Waals surface area contributed by atoms with Crippen molar-refractivity contribution in [2.24, 2.45) is 5.73 Å². The number of benzene rings is 2. The average molecular weight is 351 g/mol. The van der Waals surface area contributed by atoms with Crippen molar-refractivity contribution in [1.82, 2.24) is 4.90 Å². The average Bonchev–Trinajstić information content (AvgIpc) is 3.08. The molecule has 0 bridgehead atoms. The third-order valence-corrected chi connectivity index (χ3v) is 6.51. The van der Waals surface area contributed by atoms with Crippen molar-refractivity contribution >= 4 is 21.4 Å². The molecule has 0 radical (unpaired) electrons. The molecule has 2 N–H and O–H groups in total. The lowest BCUT2D eigenvalue weighted by Crippen LogP contribution is -2.32. The monoisotopic (exact) mass is 350 g/mol. The highest BCUT2D eigenvalue weighted by molar-refractivity contribution is 7.17. The van der Waals surface area contributed by atoms with Crippen molar-refractivity contribution in [3.8, 4) is 0 Å². The van der Waals surface area contributed by atoms with E-state index in [1.54, 1.807) is 0 Å². The van der Waals surface area contributed by atoms with Crippen LogP contribution in [-0.2, 0) is 12.0 Å². The number of nitrogens with zero attached hydrogens (tertiary/aromatic N) is 1. The van der Waals surface area contributed by atoms with E-state index in [9.17, 15) is 0 Å². The van der Waals surface area contributed by atoms with Crippen molar-refractivity contribution < 1.29 is 0 Å². The molecule has 3 heteroatoms. The first-order valence-corrected chi connectivity index (χ1v) is 9.85. The fourth-order valence-electron chi connectivity index (χ4n) is 3.86. The van der Waals surface area contributed by atoms with Crippen LogP contribution in [-0.4, -0.2) is 25.0 Å². The van der Waals surface area contributed by atoms with Gasteiger partial charge in [0, 0.05) is 35.7 Å². The lowest BCUT2D eigenvalue weighted by molar-refractivity contribution is 0.295. The molecule has 4 rings (SSSR count). The van der Waals surface area contributed by atoms with Crippen LogP contribution in [0.5, 0.6) is 0 Å². The molecule has 0 fully saturated rings. The molecule has 1 atom stereocenters. The molecule has 3 aromatic rings. The standard InChI is InChI=1S/C22H26N2S/c1-22(2,14-23)18-6-7-19-17(10-18)12-24(3)13-20(19)16-5-4-15-8-9-25-21(15)11-16/h4-11,20H,12-14,23H2,1-3H3. The van der Waals surface area contributed by atoms with E-state index in [1.807, 2.05) is 11.3 Å². The van der Waals surface area contributed by atoms with Crippen molar-refractivity contribution in [1.29, 1.82) is 0 Å². The zero-order valence-corrected chi connectivity index (χ0v) is 16.1. The summed E-state index contributed by atoms with van der Waals surface area (Å²) >= 11 is 1.83. The highest BCUT2D eigenvalue weighted by atomic mass is 32.1. The molecule has 0 amide bonds. The van der Waals surface area contributed by atoms with E-state index < -0.39 is 0 Å². The Kier molecular flexibility index (Phi) is 4.19. The molecule has 0 aliphatic carbocycles.